The van der Waals surface area contributed by atoms with Gasteiger partial charge in [0, 0.05) is 15.1 Å². The standard InChI is InChI=1S/C17H10BrClN2O3/c18-10-3-1-9(2-4-10)14-13-15(24-20-14)17(23)21(16(13)22)12-7-5-11(19)6-8-12/h1-8,13,15H/t13-,15+/m1/s1. The number of amides is 2. The van der Waals surface area contributed by atoms with Gasteiger partial charge in [-0.15, -0.1) is 0 Å². The normalized spacial score (nSPS) is 22.4. The Hall–Kier alpha value is -2.18. The van der Waals surface area contributed by atoms with Crippen LogP contribution in [0, 0.1) is 5.92 Å². The lowest BCUT2D eigenvalue weighted by atomic mass is 9.94. The van der Waals surface area contributed by atoms with Crippen molar-refractivity contribution in [2.45, 2.75) is 6.10 Å². The number of rotatable bonds is 2. The Labute approximate surface area is 151 Å². The molecule has 0 bridgehead atoms. The maximum Gasteiger partial charge on any atom is 0.278 e. The molecule has 1 saturated heterocycles. The van der Waals surface area contributed by atoms with Crippen LogP contribution in [0.4, 0.5) is 5.69 Å². The summed E-state index contributed by atoms with van der Waals surface area (Å²) in [6.45, 7) is 0. The second-order valence-corrected chi connectivity index (χ2v) is 6.83. The number of carbonyl (C=O) groups excluding carboxylic acids is 2. The van der Waals surface area contributed by atoms with Gasteiger partial charge in [0.25, 0.3) is 5.91 Å². The molecule has 4 rings (SSSR count). The molecule has 7 heteroatoms. The third kappa shape index (κ3) is 2.34. The molecule has 1 fully saturated rings. The molecule has 2 aromatic carbocycles. The van der Waals surface area contributed by atoms with Crippen molar-refractivity contribution in [3.05, 3.63) is 63.6 Å². The highest BCUT2D eigenvalue weighted by molar-refractivity contribution is 9.10. The summed E-state index contributed by atoms with van der Waals surface area (Å²) in [5, 5.41) is 4.51. The summed E-state index contributed by atoms with van der Waals surface area (Å²) in [5.74, 6) is -1.48. The van der Waals surface area contributed by atoms with Gasteiger partial charge in [0.1, 0.15) is 11.6 Å². The van der Waals surface area contributed by atoms with Gasteiger partial charge < -0.3 is 4.84 Å². The minimum absolute atomic E-state index is 0.341. The van der Waals surface area contributed by atoms with E-state index < -0.39 is 17.9 Å². The topological polar surface area (TPSA) is 59.0 Å². The van der Waals surface area contributed by atoms with Crippen LogP contribution in [0.2, 0.25) is 5.02 Å². The van der Waals surface area contributed by atoms with Crippen LogP contribution >= 0.6 is 27.5 Å². The number of imide groups is 1. The van der Waals surface area contributed by atoms with E-state index in [1.54, 1.807) is 24.3 Å². The van der Waals surface area contributed by atoms with Gasteiger partial charge in [-0.25, -0.2) is 4.90 Å². The Kier molecular flexibility index (Phi) is 3.66. The Morgan fingerprint density at radius 1 is 1.00 bits per heavy atom. The maximum absolute atomic E-state index is 12.8. The van der Waals surface area contributed by atoms with Crippen molar-refractivity contribution in [1.82, 2.24) is 0 Å². The van der Waals surface area contributed by atoms with E-state index in [0.717, 1.165) is 14.9 Å². The molecular formula is C17H10BrClN2O3. The molecule has 0 N–H and O–H groups in total. The fraction of sp³-hybridized carbons (Fsp3) is 0.118. The number of hydrogen-bond acceptors (Lipinski definition) is 4. The first-order chi connectivity index (χ1) is 11.6. The van der Waals surface area contributed by atoms with Crippen molar-refractivity contribution >= 4 is 50.7 Å². The Morgan fingerprint density at radius 2 is 1.67 bits per heavy atom. The maximum atomic E-state index is 12.8. The van der Waals surface area contributed by atoms with Crippen molar-refractivity contribution in [1.29, 1.82) is 0 Å². The predicted octanol–water partition coefficient (Wildman–Crippen LogP) is 3.40. The third-order valence-electron chi connectivity index (χ3n) is 4.04. The highest BCUT2D eigenvalue weighted by Gasteiger charge is 2.56. The van der Waals surface area contributed by atoms with Crippen LogP contribution in [0.15, 0.2) is 58.2 Å². The SMILES string of the molecule is O=C1[C@@H]2C(c3ccc(Br)cc3)=NO[C@@H]2C(=O)N1c1ccc(Cl)cc1. The smallest absolute Gasteiger partial charge is 0.278 e. The molecule has 5 nitrogen and oxygen atoms in total. The monoisotopic (exact) mass is 404 g/mol. The van der Waals surface area contributed by atoms with Gasteiger partial charge in [-0.2, -0.15) is 0 Å². The second-order valence-electron chi connectivity index (χ2n) is 5.48. The molecule has 0 aromatic heterocycles. The minimum atomic E-state index is -0.910. The average Bonchev–Trinajstić information content (AvgIpc) is 3.11. The van der Waals surface area contributed by atoms with Gasteiger partial charge in [-0.05, 0) is 36.4 Å². The molecule has 2 aromatic rings. The van der Waals surface area contributed by atoms with Gasteiger partial charge in [-0.3, -0.25) is 9.59 Å². The largest absolute Gasteiger partial charge is 0.381 e. The fourth-order valence-corrected chi connectivity index (χ4v) is 3.27. The van der Waals surface area contributed by atoms with E-state index in [1.165, 1.54) is 0 Å². The summed E-state index contributed by atoms with van der Waals surface area (Å²) in [6, 6.07) is 13.9. The van der Waals surface area contributed by atoms with E-state index in [-0.39, 0.29) is 5.91 Å². The zero-order valence-corrected chi connectivity index (χ0v) is 14.5. The van der Waals surface area contributed by atoms with Crippen LogP contribution in [-0.2, 0) is 14.4 Å². The highest BCUT2D eigenvalue weighted by atomic mass is 79.9. The molecule has 2 atom stereocenters. The van der Waals surface area contributed by atoms with E-state index in [2.05, 4.69) is 21.1 Å². The molecule has 2 aliphatic rings. The Balaban J connectivity index is 1.69. The van der Waals surface area contributed by atoms with E-state index in [1.807, 2.05) is 24.3 Å². The average molecular weight is 406 g/mol. The van der Waals surface area contributed by atoms with Gasteiger partial charge in [-0.1, -0.05) is 44.8 Å². The molecule has 0 unspecified atom stereocenters. The van der Waals surface area contributed by atoms with Gasteiger partial charge in [0.2, 0.25) is 12.0 Å². The summed E-state index contributed by atoms with van der Waals surface area (Å²) < 4.78 is 0.916. The van der Waals surface area contributed by atoms with Crippen LogP contribution in [0.5, 0.6) is 0 Å². The van der Waals surface area contributed by atoms with Crippen LogP contribution in [0.1, 0.15) is 5.56 Å². The van der Waals surface area contributed by atoms with Crippen LogP contribution in [0.25, 0.3) is 0 Å². The van der Waals surface area contributed by atoms with Gasteiger partial charge >= 0.3 is 0 Å². The Bertz CT molecular complexity index is 864. The first-order valence-electron chi connectivity index (χ1n) is 7.19. The molecule has 0 saturated carbocycles. The number of halogens is 2. The van der Waals surface area contributed by atoms with E-state index >= 15 is 0 Å². The summed E-state index contributed by atoms with van der Waals surface area (Å²) in [5.41, 5.74) is 1.70. The Morgan fingerprint density at radius 3 is 2.33 bits per heavy atom. The first-order valence-corrected chi connectivity index (χ1v) is 8.36. The minimum Gasteiger partial charge on any atom is -0.381 e. The van der Waals surface area contributed by atoms with Crippen LogP contribution < -0.4 is 4.90 Å². The van der Waals surface area contributed by atoms with Crippen LogP contribution in [-0.4, -0.2) is 23.6 Å². The van der Waals surface area contributed by atoms with Gasteiger partial charge in [0.05, 0.1) is 5.69 Å². The van der Waals surface area contributed by atoms with E-state index in [0.29, 0.717) is 16.4 Å². The highest BCUT2D eigenvalue weighted by Crippen LogP contribution is 2.35. The molecule has 0 spiro atoms. The van der Waals surface area contributed by atoms with E-state index in [4.69, 9.17) is 16.4 Å². The number of oxime groups is 1. The zero-order valence-electron chi connectivity index (χ0n) is 12.1. The van der Waals surface area contributed by atoms with Crippen molar-refractivity contribution in [2.75, 3.05) is 4.90 Å². The molecule has 2 heterocycles. The molecule has 2 amide bonds. The lowest BCUT2D eigenvalue weighted by Gasteiger charge is -2.15. The third-order valence-corrected chi connectivity index (χ3v) is 4.82. The number of benzene rings is 2. The molecule has 0 aliphatic carbocycles. The number of fused-ring (bicyclic) bond motifs is 1. The van der Waals surface area contributed by atoms with Crippen molar-refractivity contribution in [3.8, 4) is 0 Å². The lowest BCUT2D eigenvalue weighted by molar-refractivity contribution is -0.126. The molecule has 0 radical (unpaired) electrons. The summed E-state index contributed by atoms with van der Waals surface area (Å²) >= 11 is 9.23. The summed E-state index contributed by atoms with van der Waals surface area (Å²) in [4.78, 5) is 31.8. The number of anilines is 1. The molecular weight excluding hydrogens is 396 g/mol. The first kappa shape index (κ1) is 15.4. The molecule has 2 aliphatic heterocycles. The van der Waals surface area contributed by atoms with Gasteiger partial charge in [0.15, 0.2) is 0 Å². The van der Waals surface area contributed by atoms with Crippen LogP contribution in [0.3, 0.4) is 0 Å². The van der Waals surface area contributed by atoms with Crippen molar-refractivity contribution in [2.24, 2.45) is 11.1 Å². The number of hydrogen-bond donors (Lipinski definition) is 0. The summed E-state index contributed by atoms with van der Waals surface area (Å²) in [7, 11) is 0. The van der Waals surface area contributed by atoms with Crippen molar-refractivity contribution < 1.29 is 14.4 Å². The quantitative estimate of drug-likeness (QED) is 0.720. The van der Waals surface area contributed by atoms with Crippen molar-refractivity contribution in [3.63, 3.8) is 0 Å². The molecule has 120 valence electrons. The number of carbonyl (C=O) groups is 2. The predicted molar refractivity (Wildman–Crippen MR) is 93.0 cm³/mol. The number of nitrogens with zero attached hydrogens (tertiary/aromatic N) is 2. The van der Waals surface area contributed by atoms with E-state index in [9.17, 15) is 9.59 Å². The summed E-state index contributed by atoms with van der Waals surface area (Å²) in [6.07, 6.45) is -0.910. The second kappa shape index (κ2) is 5.72. The lowest BCUT2D eigenvalue weighted by Crippen LogP contribution is -2.33. The fourth-order valence-electron chi connectivity index (χ4n) is 2.88. The zero-order chi connectivity index (χ0) is 16.8. The molecule has 24 heavy (non-hydrogen) atoms.